The zero-order valence-corrected chi connectivity index (χ0v) is 6.84. The molecule has 0 unspecified atom stereocenters. The fraction of sp³-hybridized carbons (Fsp3) is 0. The molecule has 0 amide bonds. The SMILES string of the molecule is O=c1cc[c]cn1-c1ccncc1. The summed E-state index contributed by atoms with van der Waals surface area (Å²) in [4.78, 5) is 15.2. The van der Waals surface area contributed by atoms with Gasteiger partial charge in [-0.25, -0.2) is 0 Å². The molecule has 0 bridgehead atoms. The zero-order valence-electron chi connectivity index (χ0n) is 6.84. The second-order valence-corrected chi connectivity index (χ2v) is 2.54. The number of hydrogen-bond donors (Lipinski definition) is 0. The molecule has 13 heavy (non-hydrogen) atoms. The van der Waals surface area contributed by atoms with Gasteiger partial charge in [-0.05, 0) is 18.2 Å². The highest BCUT2D eigenvalue weighted by Gasteiger charge is 1.95. The lowest BCUT2D eigenvalue weighted by atomic mass is 10.4. The first-order valence-electron chi connectivity index (χ1n) is 3.87. The van der Waals surface area contributed by atoms with Gasteiger partial charge in [0.15, 0.2) is 0 Å². The normalized spacial score (nSPS) is 9.85. The molecule has 0 saturated heterocycles. The Labute approximate surface area is 75.3 Å². The first kappa shape index (κ1) is 7.73. The molecule has 0 aliphatic rings. The Bertz CT molecular complexity index is 448. The fourth-order valence-corrected chi connectivity index (χ4v) is 1.09. The van der Waals surface area contributed by atoms with Crippen LogP contribution in [0.3, 0.4) is 0 Å². The Balaban J connectivity index is 2.60. The summed E-state index contributed by atoms with van der Waals surface area (Å²) in [6.45, 7) is 0. The third-order valence-corrected chi connectivity index (χ3v) is 1.70. The summed E-state index contributed by atoms with van der Waals surface area (Å²) in [5.74, 6) is 0. The van der Waals surface area contributed by atoms with Crippen LogP contribution in [-0.2, 0) is 0 Å². The first-order valence-corrected chi connectivity index (χ1v) is 3.87. The van der Waals surface area contributed by atoms with E-state index in [0.29, 0.717) is 0 Å². The van der Waals surface area contributed by atoms with Gasteiger partial charge in [0.2, 0.25) is 0 Å². The smallest absolute Gasteiger partial charge is 0.255 e. The summed E-state index contributed by atoms with van der Waals surface area (Å²) in [7, 11) is 0. The molecule has 0 aromatic carbocycles. The topological polar surface area (TPSA) is 34.9 Å². The van der Waals surface area contributed by atoms with Gasteiger partial charge in [-0.1, -0.05) is 0 Å². The van der Waals surface area contributed by atoms with Gasteiger partial charge in [-0.3, -0.25) is 14.3 Å². The molecule has 1 radical (unpaired) electrons. The maximum Gasteiger partial charge on any atom is 0.255 e. The van der Waals surface area contributed by atoms with Gasteiger partial charge >= 0.3 is 0 Å². The quantitative estimate of drug-likeness (QED) is 0.642. The van der Waals surface area contributed by atoms with Crippen LogP contribution in [0.4, 0.5) is 0 Å². The van der Waals surface area contributed by atoms with Crippen molar-refractivity contribution in [2.24, 2.45) is 0 Å². The summed E-state index contributed by atoms with van der Waals surface area (Å²) in [6.07, 6.45) is 4.90. The molecule has 3 heteroatoms. The second kappa shape index (κ2) is 3.23. The minimum absolute atomic E-state index is 0.0649. The molecular formula is C10H7N2O. The Morgan fingerprint density at radius 2 is 2.00 bits per heavy atom. The highest BCUT2D eigenvalue weighted by molar-refractivity contribution is 5.28. The van der Waals surface area contributed by atoms with E-state index in [1.165, 1.54) is 10.6 Å². The van der Waals surface area contributed by atoms with Crippen molar-refractivity contribution in [3.05, 3.63) is 59.3 Å². The highest BCUT2D eigenvalue weighted by atomic mass is 16.1. The van der Waals surface area contributed by atoms with Crippen LogP contribution in [0.15, 0.2) is 47.7 Å². The molecule has 63 valence electrons. The number of rotatable bonds is 1. The van der Waals surface area contributed by atoms with Crippen molar-refractivity contribution in [2.75, 3.05) is 0 Å². The van der Waals surface area contributed by atoms with Crippen molar-refractivity contribution in [1.29, 1.82) is 0 Å². The lowest BCUT2D eigenvalue weighted by molar-refractivity contribution is 0.982. The Morgan fingerprint density at radius 3 is 2.69 bits per heavy atom. The average molecular weight is 171 g/mol. The molecule has 0 atom stereocenters. The van der Waals surface area contributed by atoms with E-state index in [2.05, 4.69) is 11.1 Å². The largest absolute Gasteiger partial charge is 0.284 e. The summed E-state index contributed by atoms with van der Waals surface area (Å²) in [6, 6.07) is 9.46. The van der Waals surface area contributed by atoms with E-state index in [-0.39, 0.29) is 5.56 Å². The van der Waals surface area contributed by atoms with Gasteiger partial charge in [0.1, 0.15) is 0 Å². The molecule has 2 aromatic heterocycles. The van der Waals surface area contributed by atoms with Gasteiger partial charge in [0, 0.05) is 30.7 Å². The van der Waals surface area contributed by atoms with Crippen molar-refractivity contribution in [2.45, 2.75) is 0 Å². The van der Waals surface area contributed by atoms with Crippen LogP contribution in [0.1, 0.15) is 0 Å². The van der Waals surface area contributed by atoms with Crippen molar-refractivity contribution in [1.82, 2.24) is 9.55 Å². The predicted molar refractivity (Wildman–Crippen MR) is 48.7 cm³/mol. The van der Waals surface area contributed by atoms with Crippen LogP contribution in [-0.4, -0.2) is 9.55 Å². The first-order chi connectivity index (χ1) is 6.38. The molecule has 3 nitrogen and oxygen atoms in total. The number of pyridine rings is 2. The number of aromatic nitrogens is 2. The van der Waals surface area contributed by atoms with E-state index < -0.39 is 0 Å². The lowest BCUT2D eigenvalue weighted by Crippen LogP contribution is -2.15. The van der Waals surface area contributed by atoms with Crippen LogP contribution < -0.4 is 5.56 Å². The van der Waals surface area contributed by atoms with Crippen molar-refractivity contribution in [3.8, 4) is 5.69 Å². The molecule has 2 rings (SSSR count). The maximum absolute atomic E-state index is 11.3. The van der Waals surface area contributed by atoms with E-state index in [9.17, 15) is 4.79 Å². The highest BCUT2D eigenvalue weighted by Crippen LogP contribution is 2.00. The molecule has 0 saturated carbocycles. The average Bonchev–Trinajstić information content (AvgIpc) is 2.20. The Hall–Kier alpha value is -1.90. The van der Waals surface area contributed by atoms with Crippen LogP contribution in [0, 0.1) is 6.07 Å². The van der Waals surface area contributed by atoms with Crippen LogP contribution >= 0.6 is 0 Å². The molecule has 0 fully saturated rings. The van der Waals surface area contributed by atoms with Crippen molar-refractivity contribution in [3.63, 3.8) is 0 Å². The molecule has 2 heterocycles. The molecular weight excluding hydrogens is 164 g/mol. The van der Waals surface area contributed by atoms with E-state index in [1.807, 2.05) is 0 Å². The lowest BCUT2D eigenvalue weighted by Gasteiger charge is -2.02. The summed E-state index contributed by atoms with van der Waals surface area (Å²) in [5.41, 5.74) is 0.738. The van der Waals surface area contributed by atoms with Gasteiger partial charge < -0.3 is 0 Å². The minimum atomic E-state index is -0.0649. The van der Waals surface area contributed by atoms with Gasteiger partial charge in [-0.15, -0.1) is 0 Å². The summed E-state index contributed by atoms with van der Waals surface area (Å²) < 4.78 is 1.52. The predicted octanol–water partition coefficient (Wildman–Crippen LogP) is 1.03. The maximum atomic E-state index is 11.3. The van der Waals surface area contributed by atoms with Gasteiger partial charge in [0.25, 0.3) is 5.56 Å². The van der Waals surface area contributed by atoms with Crippen LogP contribution in [0.2, 0.25) is 0 Å². The molecule has 0 N–H and O–H groups in total. The molecule has 0 aliphatic heterocycles. The third-order valence-electron chi connectivity index (χ3n) is 1.70. The number of nitrogens with zero attached hydrogens (tertiary/aromatic N) is 2. The van der Waals surface area contributed by atoms with Crippen LogP contribution in [0.5, 0.6) is 0 Å². The van der Waals surface area contributed by atoms with Crippen molar-refractivity contribution < 1.29 is 0 Å². The summed E-state index contributed by atoms with van der Waals surface area (Å²) in [5, 5.41) is 0. The molecule has 0 spiro atoms. The van der Waals surface area contributed by atoms with Crippen LogP contribution in [0.25, 0.3) is 5.69 Å². The molecule has 2 aromatic rings. The summed E-state index contributed by atoms with van der Waals surface area (Å²) >= 11 is 0. The van der Waals surface area contributed by atoms with E-state index in [1.54, 1.807) is 36.8 Å². The Kier molecular flexibility index (Phi) is 1.92. The van der Waals surface area contributed by atoms with Gasteiger partial charge in [0.05, 0.1) is 5.69 Å². The Morgan fingerprint density at radius 1 is 1.23 bits per heavy atom. The zero-order chi connectivity index (χ0) is 9.10. The van der Waals surface area contributed by atoms with E-state index in [4.69, 9.17) is 0 Å². The van der Waals surface area contributed by atoms with E-state index in [0.717, 1.165) is 5.69 Å². The second-order valence-electron chi connectivity index (χ2n) is 2.54. The molecule has 0 aliphatic carbocycles. The van der Waals surface area contributed by atoms with E-state index >= 15 is 0 Å². The monoisotopic (exact) mass is 171 g/mol. The number of hydrogen-bond acceptors (Lipinski definition) is 2. The standard InChI is InChI=1S/C10H7N2O/c13-10-3-1-2-8-12(10)9-4-6-11-7-5-9/h1,3-8H. The van der Waals surface area contributed by atoms with Gasteiger partial charge in [-0.2, -0.15) is 0 Å². The third kappa shape index (κ3) is 1.49. The fourth-order valence-electron chi connectivity index (χ4n) is 1.09. The minimum Gasteiger partial charge on any atom is -0.284 e. The van der Waals surface area contributed by atoms with Crippen molar-refractivity contribution >= 4 is 0 Å².